The van der Waals surface area contributed by atoms with Crippen molar-refractivity contribution in [3.05, 3.63) is 88.0 Å². The number of carbonyl (C=O) groups is 2. The van der Waals surface area contributed by atoms with E-state index < -0.39 is 16.7 Å². The number of carbonyl (C=O) groups excluding carboxylic acids is 2. The lowest BCUT2D eigenvalue weighted by molar-refractivity contribution is -0.384. The number of amides is 2. The van der Waals surface area contributed by atoms with E-state index in [4.69, 9.17) is 9.47 Å². The van der Waals surface area contributed by atoms with Gasteiger partial charge in [0.2, 0.25) is 0 Å². The van der Waals surface area contributed by atoms with Crippen LogP contribution in [0.25, 0.3) is 0 Å². The molecular formula is C27H29N5O6. The van der Waals surface area contributed by atoms with Gasteiger partial charge in [-0.3, -0.25) is 19.7 Å². The van der Waals surface area contributed by atoms with E-state index in [0.29, 0.717) is 22.6 Å². The van der Waals surface area contributed by atoms with Crippen LogP contribution in [0, 0.1) is 10.1 Å². The number of methoxy groups -OCH3 is 1. The van der Waals surface area contributed by atoms with Gasteiger partial charge in [-0.2, -0.15) is 5.10 Å². The van der Waals surface area contributed by atoms with Crippen LogP contribution in [0.5, 0.6) is 11.5 Å². The highest BCUT2D eigenvalue weighted by molar-refractivity contribution is 5.95. The molecule has 11 heteroatoms. The van der Waals surface area contributed by atoms with Gasteiger partial charge in [-0.1, -0.05) is 6.07 Å². The fraction of sp³-hybridized carbons (Fsp3) is 0.222. The number of nitro benzene ring substituents is 1. The fourth-order valence-corrected chi connectivity index (χ4v) is 3.55. The first-order valence-corrected chi connectivity index (χ1v) is 11.9. The van der Waals surface area contributed by atoms with Crippen molar-refractivity contribution in [2.75, 3.05) is 37.0 Å². The van der Waals surface area contributed by atoms with E-state index in [0.717, 1.165) is 18.8 Å². The number of ether oxygens (including phenoxy) is 2. The number of nitrogens with one attached hydrogen (secondary N) is 2. The molecule has 0 radical (unpaired) electrons. The molecule has 0 heterocycles. The molecule has 2 N–H and O–H groups in total. The summed E-state index contributed by atoms with van der Waals surface area (Å²) in [6, 6.07) is 17.7. The zero-order valence-electron chi connectivity index (χ0n) is 21.3. The summed E-state index contributed by atoms with van der Waals surface area (Å²) in [4.78, 5) is 37.5. The van der Waals surface area contributed by atoms with Gasteiger partial charge in [0.1, 0.15) is 11.5 Å². The molecule has 0 saturated heterocycles. The number of hydrogen-bond acceptors (Lipinski definition) is 8. The van der Waals surface area contributed by atoms with Gasteiger partial charge in [-0.15, -0.1) is 0 Å². The first kappa shape index (κ1) is 27.7. The molecule has 0 unspecified atom stereocenters. The molecule has 0 spiro atoms. The summed E-state index contributed by atoms with van der Waals surface area (Å²) in [5.74, 6) is 0.123. The molecule has 0 atom stereocenters. The average Bonchev–Trinajstić information content (AvgIpc) is 2.93. The highest BCUT2D eigenvalue weighted by atomic mass is 16.6. The van der Waals surface area contributed by atoms with Crippen LogP contribution in [-0.2, 0) is 4.79 Å². The minimum absolute atomic E-state index is 0.133. The van der Waals surface area contributed by atoms with Crippen LogP contribution in [0.1, 0.15) is 29.8 Å². The number of nitrogens with zero attached hydrogens (tertiary/aromatic N) is 3. The molecular weight excluding hydrogens is 490 g/mol. The lowest BCUT2D eigenvalue weighted by atomic mass is 10.1. The predicted molar refractivity (Wildman–Crippen MR) is 145 cm³/mol. The topological polar surface area (TPSA) is 135 Å². The molecule has 3 rings (SSSR count). The maximum Gasteiger partial charge on any atom is 0.271 e. The van der Waals surface area contributed by atoms with Crippen LogP contribution in [-0.4, -0.2) is 49.8 Å². The number of non-ortho nitro benzene ring substituents is 1. The molecule has 11 nitrogen and oxygen atoms in total. The van der Waals surface area contributed by atoms with Gasteiger partial charge in [0.05, 0.1) is 18.2 Å². The zero-order chi connectivity index (χ0) is 27.5. The number of rotatable bonds is 12. The quantitative estimate of drug-likeness (QED) is 0.208. The molecule has 0 aliphatic rings. The summed E-state index contributed by atoms with van der Waals surface area (Å²) in [6.45, 7) is 5.26. The molecule has 38 heavy (non-hydrogen) atoms. The first-order valence-electron chi connectivity index (χ1n) is 11.9. The zero-order valence-corrected chi connectivity index (χ0v) is 21.3. The second-order valence-electron chi connectivity index (χ2n) is 7.97. The molecule has 0 aliphatic heterocycles. The van der Waals surface area contributed by atoms with Crippen molar-refractivity contribution < 1.29 is 24.0 Å². The van der Waals surface area contributed by atoms with E-state index in [-0.39, 0.29) is 18.0 Å². The Morgan fingerprint density at radius 1 is 1.05 bits per heavy atom. The molecule has 0 saturated carbocycles. The van der Waals surface area contributed by atoms with Crippen LogP contribution in [0.4, 0.5) is 17.1 Å². The maximum absolute atomic E-state index is 12.5. The van der Waals surface area contributed by atoms with E-state index in [1.54, 1.807) is 49.6 Å². The third kappa shape index (κ3) is 7.53. The minimum Gasteiger partial charge on any atom is -0.497 e. The Morgan fingerprint density at radius 2 is 1.79 bits per heavy atom. The van der Waals surface area contributed by atoms with Crippen molar-refractivity contribution in [1.29, 1.82) is 0 Å². The number of nitro groups is 1. The summed E-state index contributed by atoms with van der Waals surface area (Å²) in [7, 11) is 1.54. The van der Waals surface area contributed by atoms with Gasteiger partial charge < -0.3 is 19.7 Å². The Morgan fingerprint density at radius 3 is 2.45 bits per heavy atom. The Hall–Kier alpha value is -4.93. The predicted octanol–water partition coefficient (Wildman–Crippen LogP) is 4.23. The first-order chi connectivity index (χ1) is 18.3. The third-order valence-electron chi connectivity index (χ3n) is 5.55. The fourth-order valence-electron chi connectivity index (χ4n) is 3.55. The molecule has 0 bridgehead atoms. The lowest BCUT2D eigenvalue weighted by Crippen LogP contribution is -2.23. The number of benzene rings is 3. The third-order valence-corrected chi connectivity index (χ3v) is 5.55. The van der Waals surface area contributed by atoms with Crippen molar-refractivity contribution in [2.24, 2.45) is 5.10 Å². The normalized spacial score (nSPS) is 10.6. The van der Waals surface area contributed by atoms with E-state index in [1.165, 1.54) is 24.4 Å². The van der Waals surface area contributed by atoms with Crippen molar-refractivity contribution in [1.82, 2.24) is 5.43 Å². The van der Waals surface area contributed by atoms with Gasteiger partial charge in [0.15, 0.2) is 6.61 Å². The molecule has 2 amide bonds. The van der Waals surface area contributed by atoms with E-state index in [9.17, 15) is 19.7 Å². The van der Waals surface area contributed by atoms with Crippen molar-refractivity contribution in [2.45, 2.75) is 13.8 Å². The summed E-state index contributed by atoms with van der Waals surface area (Å²) in [5.41, 5.74) is 4.47. The average molecular weight is 520 g/mol. The molecule has 0 aliphatic carbocycles. The van der Waals surface area contributed by atoms with Crippen LogP contribution >= 0.6 is 0 Å². The molecule has 3 aromatic carbocycles. The van der Waals surface area contributed by atoms with Gasteiger partial charge >= 0.3 is 0 Å². The molecule has 0 aromatic heterocycles. The van der Waals surface area contributed by atoms with Crippen LogP contribution in [0.3, 0.4) is 0 Å². The number of hydrogen-bond donors (Lipinski definition) is 2. The Bertz CT molecular complexity index is 1310. The van der Waals surface area contributed by atoms with Crippen molar-refractivity contribution >= 4 is 35.1 Å². The van der Waals surface area contributed by atoms with E-state index >= 15 is 0 Å². The molecule has 0 fully saturated rings. The minimum atomic E-state index is -0.538. The summed E-state index contributed by atoms with van der Waals surface area (Å²) in [6.07, 6.45) is 1.43. The highest BCUT2D eigenvalue weighted by Crippen LogP contribution is 2.25. The highest BCUT2D eigenvalue weighted by Gasteiger charge is 2.12. The van der Waals surface area contributed by atoms with Gasteiger partial charge in [-0.05, 0) is 56.3 Å². The lowest BCUT2D eigenvalue weighted by Gasteiger charge is -2.22. The maximum atomic E-state index is 12.5. The van der Waals surface area contributed by atoms with Crippen LogP contribution in [0.15, 0.2) is 71.8 Å². The van der Waals surface area contributed by atoms with E-state index in [1.807, 2.05) is 19.9 Å². The second kappa shape index (κ2) is 13.4. The standard InChI is InChI=1S/C27H29N5O6/c1-4-31(5-2)22-12-9-20(17-28-30-27(34)19-10-13-24(37-3)14-11-19)25(16-22)38-18-26(33)29-21-7-6-8-23(15-21)32(35)36/h6-17H,4-5,18H2,1-3H3,(H,29,33)(H,30,34)/b28-17-. The molecule has 198 valence electrons. The van der Waals surface area contributed by atoms with Crippen molar-refractivity contribution in [3.63, 3.8) is 0 Å². The number of anilines is 2. The van der Waals surface area contributed by atoms with Crippen molar-refractivity contribution in [3.8, 4) is 11.5 Å². The largest absolute Gasteiger partial charge is 0.497 e. The summed E-state index contributed by atoms with van der Waals surface area (Å²) >= 11 is 0. The van der Waals surface area contributed by atoms with Gasteiger partial charge in [0, 0.05) is 53.8 Å². The van der Waals surface area contributed by atoms with Gasteiger partial charge in [-0.25, -0.2) is 5.43 Å². The van der Waals surface area contributed by atoms with E-state index in [2.05, 4.69) is 20.7 Å². The summed E-state index contributed by atoms with van der Waals surface area (Å²) in [5, 5.41) is 17.6. The Labute approximate surface area is 220 Å². The number of hydrazone groups is 1. The van der Waals surface area contributed by atoms with Crippen LogP contribution < -0.4 is 25.1 Å². The monoisotopic (exact) mass is 519 g/mol. The Balaban J connectivity index is 1.73. The van der Waals surface area contributed by atoms with Gasteiger partial charge in [0.25, 0.3) is 17.5 Å². The summed E-state index contributed by atoms with van der Waals surface area (Å²) < 4.78 is 10.9. The smallest absolute Gasteiger partial charge is 0.271 e. The van der Waals surface area contributed by atoms with Crippen LogP contribution in [0.2, 0.25) is 0 Å². The Kier molecular flexibility index (Phi) is 9.75. The SMILES string of the molecule is CCN(CC)c1ccc(/C=N\NC(=O)c2ccc(OC)cc2)c(OCC(=O)Nc2cccc([N+](=O)[O-])c2)c1. The second-order valence-corrected chi connectivity index (χ2v) is 7.97. The molecule has 3 aromatic rings.